The molecule has 5 rings (SSSR count). The Morgan fingerprint density at radius 2 is 1.76 bits per heavy atom. The molecule has 1 fully saturated rings. The zero-order chi connectivity index (χ0) is 23.7. The zero-order valence-electron chi connectivity index (χ0n) is 19.0. The molecule has 0 unspecified atom stereocenters. The molecule has 1 N–H and O–H groups in total. The molecule has 1 aliphatic rings. The standard InChI is InChI=1S/C23H23N7O3S/c1-13-8-15(16-9-14(2)25-12-19(16)32-3)17(10-24-13)20(31)28-23-27-18-11-26-22(29-21(18)34-23)30-4-6-33-7-5-30/h8-12H,4-7H2,1-3H3,(H,27,28,31). The van der Waals surface area contributed by atoms with Gasteiger partial charge in [0.1, 0.15) is 11.3 Å². The molecular formula is C23H23N7O3S. The number of rotatable bonds is 5. The highest BCUT2D eigenvalue weighted by atomic mass is 32.1. The van der Waals surface area contributed by atoms with Crippen molar-refractivity contribution >= 4 is 38.7 Å². The van der Waals surface area contributed by atoms with E-state index >= 15 is 0 Å². The van der Waals surface area contributed by atoms with Crippen molar-refractivity contribution in [1.29, 1.82) is 0 Å². The molecule has 5 heterocycles. The van der Waals surface area contributed by atoms with Crippen molar-refractivity contribution in [3.05, 3.63) is 47.7 Å². The van der Waals surface area contributed by atoms with Crippen molar-refractivity contribution in [3.63, 3.8) is 0 Å². The van der Waals surface area contributed by atoms with Gasteiger partial charge in [-0.05, 0) is 26.0 Å². The summed E-state index contributed by atoms with van der Waals surface area (Å²) >= 11 is 1.31. The Morgan fingerprint density at radius 1 is 1.03 bits per heavy atom. The van der Waals surface area contributed by atoms with Gasteiger partial charge in [-0.2, -0.15) is 4.98 Å². The van der Waals surface area contributed by atoms with Gasteiger partial charge in [-0.25, -0.2) is 9.97 Å². The Labute approximate surface area is 200 Å². The van der Waals surface area contributed by atoms with Crippen molar-refractivity contribution in [3.8, 4) is 16.9 Å². The Morgan fingerprint density at radius 3 is 2.53 bits per heavy atom. The number of pyridine rings is 2. The third-order valence-electron chi connectivity index (χ3n) is 5.45. The highest BCUT2D eigenvalue weighted by molar-refractivity contribution is 7.22. The number of anilines is 2. The number of hydrogen-bond donors (Lipinski definition) is 1. The SMILES string of the molecule is COc1cnc(C)cc1-c1cc(C)ncc1C(=O)Nc1nc2cnc(N3CCOCC3)nc2s1. The lowest BCUT2D eigenvalue weighted by Crippen LogP contribution is -2.37. The molecule has 0 aromatic carbocycles. The van der Waals surface area contributed by atoms with E-state index in [2.05, 4.69) is 35.1 Å². The number of thiazole rings is 1. The summed E-state index contributed by atoms with van der Waals surface area (Å²) in [6.07, 6.45) is 4.90. The van der Waals surface area contributed by atoms with Crippen LogP contribution in [-0.4, -0.2) is 64.2 Å². The van der Waals surface area contributed by atoms with Crippen molar-refractivity contribution in [1.82, 2.24) is 24.9 Å². The number of aromatic nitrogens is 5. The fraction of sp³-hybridized carbons (Fsp3) is 0.304. The van der Waals surface area contributed by atoms with E-state index in [1.165, 1.54) is 11.3 Å². The lowest BCUT2D eigenvalue weighted by atomic mass is 9.99. The topological polar surface area (TPSA) is 115 Å². The fourth-order valence-corrected chi connectivity index (χ4v) is 4.55. The van der Waals surface area contributed by atoms with Gasteiger partial charge in [-0.3, -0.25) is 20.1 Å². The van der Waals surface area contributed by atoms with Crippen LogP contribution in [0.2, 0.25) is 0 Å². The number of ether oxygens (including phenoxy) is 2. The maximum Gasteiger partial charge on any atom is 0.259 e. The van der Waals surface area contributed by atoms with E-state index in [4.69, 9.17) is 9.47 Å². The Hall–Kier alpha value is -3.70. The van der Waals surface area contributed by atoms with Gasteiger partial charge in [0, 0.05) is 41.8 Å². The van der Waals surface area contributed by atoms with E-state index in [0.717, 1.165) is 30.0 Å². The van der Waals surface area contributed by atoms with E-state index in [1.54, 1.807) is 25.7 Å². The average molecular weight is 478 g/mol. The molecule has 34 heavy (non-hydrogen) atoms. The third kappa shape index (κ3) is 4.39. The van der Waals surface area contributed by atoms with Crippen LogP contribution in [0.3, 0.4) is 0 Å². The molecule has 0 radical (unpaired) electrons. The van der Waals surface area contributed by atoms with Crippen molar-refractivity contribution in [2.45, 2.75) is 13.8 Å². The number of amides is 1. The first-order chi connectivity index (χ1) is 16.5. The number of aryl methyl sites for hydroxylation is 2. The first-order valence-corrected chi connectivity index (χ1v) is 11.6. The second-order valence-corrected chi connectivity index (χ2v) is 8.81. The van der Waals surface area contributed by atoms with Crippen LogP contribution in [0.4, 0.5) is 11.1 Å². The normalized spacial score (nSPS) is 13.8. The lowest BCUT2D eigenvalue weighted by Gasteiger charge is -2.26. The van der Waals surface area contributed by atoms with Gasteiger partial charge in [0.15, 0.2) is 9.96 Å². The molecule has 0 spiro atoms. The minimum absolute atomic E-state index is 0.320. The minimum Gasteiger partial charge on any atom is -0.494 e. The van der Waals surface area contributed by atoms with Gasteiger partial charge in [0.25, 0.3) is 5.91 Å². The fourth-order valence-electron chi connectivity index (χ4n) is 3.74. The molecule has 0 bridgehead atoms. The van der Waals surface area contributed by atoms with Crippen LogP contribution in [0, 0.1) is 13.8 Å². The molecule has 1 amide bonds. The first-order valence-electron chi connectivity index (χ1n) is 10.8. The molecular weight excluding hydrogens is 454 g/mol. The van der Waals surface area contributed by atoms with Gasteiger partial charge in [-0.15, -0.1) is 0 Å². The van der Waals surface area contributed by atoms with Crippen LogP contribution in [0.1, 0.15) is 21.7 Å². The Balaban J connectivity index is 1.45. The predicted octanol–water partition coefficient (Wildman–Crippen LogP) is 3.26. The summed E-state index contributed by atoms with van der Waals surface area (Å²) in [6.45, 7) is 6.57. The van der Waals surface area contributed by atoms with Gasteiger partial charge in [0.05, 0.1) is 38.3 Å². The summed E-state index contributed by atoms with van der Waals surface area (Å²) in [7, 11) is 1.58. The number of nitrogens with one attached hydrogen (secondary N) is 1. The van der Waals surface area contributed by atoms with Gasteiger partial charge < -0.3 is 14.4 Å². The monoisotopic (exact) mass is 477 g/mol. The first kappa shape index (κ1) is 22.1. The zero-order valence-corrected chi connectivity index (χ0v) is 19.8. The van der Waals surface area contributed by atoms with E-state index in [1.807, 2.05) is 26.0 Å². The van der Waals surface area contributed by atoms with Crippen molar-refractivity contribution in [2.75, 3.05) is 43.6 Å². The molecule has 4 aromatic heterocycles. The lowest BCUT2D eigenvalue weighted by molar-refractivity contribution is 0.102. The van der Waals surface area contributed by atoms with Crippen LogP contribution in [0.5, 0.6) is 5.75 Å². The van der Waals surface area contributed by atoms with Gasteiger partial charge in [-0.1, -0.05) is 11.3 Å². The molecule has 0 aliphatic carbocycles. The molecule has 1 aliphatic heterocycles. The number of methoxy groups -OCH3 is 1. The highest BCUT2D eigenvalue weighted by Gasteiger charge is 2.20. The molecule has 11 heteroatoms. The quantitative estimate of drug-likeness (QED) is 0.462. The summed E-state index contributed by atoms with van der Waals surface area (Å²) in [5.41, 5.74) is 4.13. The number of carbonyl (C=O) groups excluding carboxylic acids is 1. The highest BCUT2D eigenvalue weighted by Crippen LogP contribution is 2.33. The Kier molecular flexibility index (Phi) is 6.03. The number of carbonyl (C=O) groups is 1. The maximum atomic E-state index is 13.3. The van der Waals surface area contributed by atoms with Crippen LogP contribution < -0.4 is 15.0 Å². The van der Waals surface area contributed by atoms with Crippen molar-refractivity contribution in [2.24, 2.45) is 0 Å². The van der Waals surface area contributed by atoms with Crippen LogP contribution in [-0.2, 0) is 4.74 Å². The van der Waals surface area contributed by atoms with Gasteiger partial charge in [0.2, 0.25) is 5.95 Å². The maximum absolute atomic E-state index is 13.3. The van der Waals surface area contributed by atoms with Crippen LogP contribution in [0.25, 0.3) is 21.5 Å². The summed E-state index contributed by atoms with van der Waals surface area (Å²) in [5.74, 6) is 0.901. The van der Waals surface area contributed by atoms with E-state index in [0.29, 0.717) is 51.5 Å². The van der Waals surface area contributed by atoms with Gasteiger partial charge >= 0.3 is 0 Å². The van der Waals surface area contributed by atoms with E-state index < -0.39 is 0 Å². The average Bonchev–Trinajstić information content (AvgIpc) is 3.25. The number of hydrogen-bond acceptors (Lipinski definition) is 10. The summed E-state index contributed by atoms with van der Waals surface area (Å²) < 4.78 is 10.9. The number of nitrogens with zero attached hydrogens (tertiary/aromatic N) is 6. The summed E-state index contributed by atoms with van der Waals surface area (Å²) in [5, 5.41) is 3.34. The minimum atomic E-state index is -0.320. The number of morpholine rings is 1. The predicted molar refractivity (Wildman–Crippen MR) is 130 cm³/mol. The second kappa shape index (κ2) is 9.27. The van der Waals surface area contributed by atoms with E-state index in [-0.39, 0.29) is 5.91 Å². The molecule has 10 nitrogen and oxygen atoms in total. The molecule has 174 valence electrons. The molecule has 4 aromatic rings. The van der Waals surface area contributed by atoms with Crippen LogP contribution in [0.15, 0.2) is 30.7 Å². The van der Waals surface area contributed by atoms with Crippen LogP contribution >= 0.6 is 11.3 Å². The largest absolute Gasteiger partial charge is 0.494 e. The Bertz CT molecular complexity index is 1370. The summed E-state index contributed by atoms with van der Waals surface area (Å²) in [4.78, 5) is 38.3. The molecule has 0 atom stereocenters. The molecule has 0 saturated carbocycles. The van der Waals surface area contributed by atoms with Crippen molar-refractivity contribution < 1.29 is 14.3 Å². The number of fused-ring (bicyclic) bond motifs is 1. The molecule has 1 saturated heterocycles. The van der Waals surface area contributed by atoms with E-state index in [9.17, 15) is 4.79 Å². The smallest absolute Gasteiger partial charge is 0.259 e. The second-order valence-electron chi connectivity index (χ2n) is 7.83. The summed E-state index contributed by atoms with van der Waals surface area (Å²) in [6, 6.07) is 3.76. The third-order valence-corrected chi connectivity index (χ3v) is 6.33.